The molecule has 0 amide bonds. The lowest BCUT2D eigenvalue weighted by Gasteiger charge is -2.27. The van der Waals surface area contributed by atoms with E-state index in [1.807, 2.05) is 12.1 Å². The van der Waals surface area contributed by atoms with Crippen molar-refractivity contribution in [2.75, 3.05) is 7.11 Å². The Labute approximate surface area is 171 Å². The van der Waals surface area contributed by atoms with Crippen LogP contribution in [0.2, 0.25) is 0 Å². The van der Waals surface area contributed by atoms with E-state index in [1.165, 1.54) is 18.2 Å². The molecule has 0 radical (unpaired) electrons. The molecule has 1 atom stereocenters. The van der Waals surface area contributed by atoms with Crippen molar-refractivity contribution in [3.8, 4) is 0 Å². The first-order chi connectivity index (χ1) is 13.8. The Hall–Kier alpha value is -3.22. The molecule has 150 valence electrons. The Balaban J connectivity index is 0.000000941. The molecule has 0 spiro atoms. The lowest BCUT2D eigenvalue weighted by atomic mass is 9.75. The predicted molar refractivity (Wildman–Crippen MR) is 108 cm³/mol. The SMILES string of the molecule is O=C=O.[C-]#[N+]C1(CC(C)C)c2ccc(C)cc2CCc2cc(C(=O)OC)ccc21. The number of fused-ring (bicyclic) bond motifs is 2. The molecule has 5 heteroatoms. The van der Waals surface area contributed by atoms with E-state index in [-0.39, 0.29) is 12.1 Å². The van der Waals surface area contributed by atoms with Crippen molar-refractivity contribution in [2.24, 2.45) is 5.92 Å². The average molecular weight is 391 g/mol. The maximum atomic E-state index is 12.0. The smallest absolute Gasteiger partial charge is 0.373 e. The number of rotatable bonds is 3. The zero-order valence-corrected chi connectivity index (χ0v) is 17.2. The summed E-state index contributed by atoms with van der Waals surface area (Å²) in [7, 11) is 1.40. The van der Waals surface area contributed by atoms with Gasteiger partial charge in [-0.1, -0.05) is 37.6 Å². The van der Waals surface area contributed by atoms with Crippen LogP contribution in [0.1, 0.15) is 58.4 Å². The van der Waals surface area contributed by atoms with Gasteiger partial charge in [0.25, 0.3) is 5.54 Å². The molecular weight excluding hydrogens is 366 g/mol. The van der Waals surface area contributed by atoms with Crippen molar-refractivity contribution in [1.29, 1.82) is 0 Å². The summed E-state index contributed by atoms with van der Waals surface area (Å²) in [5.74, 6) is 0.0483. The van der Waals surface area contributed by atoms with Crippen molar-refractivity contribution >= 4 is 12.1 Å². The molecule has 0 fully saturated rings. The molecule has 1 unspecified atom stereocenters. The molecule has 0 saturated heterocycles. The van der Waals surface area contributed by atoms with Gasteiger partial charge < -0.3 is 4.74 Å². The Morgan fingerprint density at radius 1 is 1.14 bits per heavy atom. The first kappa shape index (κ1) is 22.1. The number of carbonyl (C=O) groups excluding carboxylic acids is 3. The van der Waals surface area contributed by atoms with Gasteiger partial charge >= 0.3 is 12.1 Å². The number of esters is 1. The minimum absolute atomic E-state index is 0.250. The summed E-state index contributed by atoms with van der Waals surface area (Å²) in [6.45, 7) is 14.6. The number of methoxy groups -OCH3 is 1. The Bertz CT molecular complexity index is 981. The van der Waals surface area contributed by atoms with Gasteiger partial charge in [0.2, 0.25) is 0 Å². The van der Waals surface area contributed by atoms with Crippen LogP contribution in [0.25, 0.3) is 4.85 Å². The van der Waals surface area contributed by atoms with Crippen molar-refractivity contribution in [3.63, 3.8) is 0 Å². The zero-order valence-electron chi connectivity index (χ0n) is 17.2. The van der Waals surface area contributed by atoms with Crippen LogP contribution in [0.5, 0.6) is 0 Å². The molecule has 29 heavy (non-hydrogen) atoms. The van der Waals surface area contributed by atoms with Crippen molar-refractivity contribution in [1.82, 2.24) is 0 Å². The quantitative estimate of drug-likeness (QED) is 0.571. The Morgan fingerprint density at radius 2 is 1.69 bits per heavy atom. The second-order valence-corrected chi connectivity index (χ2v) is 7.68. The summed E-state index contributed by atoms with van der Waals surface area (Å²) >= 11 is 0. The van der Waals surface area contributed by atoms with Crippen LogP contribution < -0.4 is 0 Å². The van der Waals surface area contributed by atoms with Gasteiger partial charge in [-0.15, -0.1) is 0 Å². The second-order valence-electron chi connectivity index (χ2n) is 7.68. The molecule has 0 N–H and O–H groups in total. The minimum atomic E-state index is -0.697. The van der Waals surface area contributed by atoms with E-state index in [2.05, 4.69) is 43.8 Å². The predicted octanol–water partition coefficient (Wildman–Crippen LogP) is 4.51. The fourth-order valence-corrected chi connectivity index (χ4v) is 4.17. The highest BCUT2D eigenvalue weighted by molar-refractivity contribution is 5.89. The van der Waals surface area contributed by atoms with Gasteiger partial charge in [0.1, 0.15) is 0 Å². The van der Waals surface area contributed by atoms with Crippen LogP contribution in [0.3, 0.4) is 0 Å². The van der Waals surface area contributed by atoms with E-state index in [9.17, 15) is 4.79 Å². The standard InChI is InChI=1S/C23H25NO2.CO2/c1-15(2)14-23(24-4)20-10-6-16(3)12-17(20)7-8-18-13-19(22(25)26-5)9-11-21(18)23;2-1-3/h6,9-13,15H,7-8,14H2,1-3,5H3;. The van der Waals surface area contributed by atoms with Gasteiger partial charge in [-0.25, -0.2) is 11.4 Å². The second kappa shape index (κ2) is 9.32. The van der Waals surface area contributed by atoms with E-state index in [0.717, 1.165) is 36.0 Å². The third kappa shape index (κ3) is 4.45. The highest BCUT2D eigenvalue weighted by Crippen LogP contribution is 2.45. The van der Waals surface area contributed by atoms with Crippen molar-refractivity contribution in [3.05, 3.63) is 81.2 Å². The topological polar surface area (TPSA) is 64.8 Å². The van der Waals surface area contributed by atoms with Crippen LogP contribution in [0, 0.1) is 19.4 Å². The minimum Gasteiger partial charge on any atom is -0.465 e. The summed E-state index contributed by atoms with van der Waals surface area (Å²) in [5, 5.41) is 0. The van der Waals surface area contributed by atoms with Gasteiger partial charge in [0.15, 0.2) is 0 Å². The average Bonchev–Trinajstić information content (AvgIpc) is 2.82. The van der Waals surface area contributed by atoms with Gasteiger partial charge in [0, 0.05) is 17.5 Å². The van der Waals surface area contributed by atoms with Crippen LogP contribution >= 0.6 is 0 Å². The number of carbonyl (C=O) groups is 1. The molecule has 0 bridgehead atoms. The van der Waals surface area contributed by atoms with Gasteiger partial charge in [0.05, 0.1) is 12.7 Å². The fraction of sp³-hybridized carbons (Fsp3) is 0.375. The Morgan fingerprint density at radius 3 is 2.21 bits per heavy atom. The fourth-order valence-electron chi connectivity index (χ4n) is 4.17. The largest absolute Gasteiger partial charge is 0.465 e. The van der Waals surface area contributed by atoms with E-state index in [1.54, 1.807) is 6.07 Å². The van der Waals surface area contributed by atoms with Crippen LogP contribution in [0.15, 0.2) is 36.4 Å². The molecular formula is C24H25NO4. The summed E-state index contributed by atoms with van der Waals surface area (Å²) in [6.07, 6.45) is 2.72. The number of ether oxygens (including phenoxy) is 1. The monoisotopic (exact) mass is 391 g/mol. The zero-order chi connectivity index (χ0) is 21.6. The highest BCUT2D eigenvalue weighted by Gasteiger charge is 2.46. The molecule has 1 aliphatic rings. The molecule has 1 aliphatic carbocycles. The molecule has 0 saturated carbocycles. The number of nitrogens with zero attached hydrogens (tertiary/aromatic N) is 1. The van der Waals surface area contributed by atoms with E-state index in [0.29, 0.717) is 11.5 Å². The summed E-state index contributed by atoms with van der Waals surface area (Å²) in [6, 6.07) is 12.1. The van der Waals surface area contributed by atoms with E-state index >= 15 is 0 Å². The molecule has 0 heterocycles. The van der Waals surface area contributed by atoms with E-state index in [4.69, 9.17) is 20.9 Å². The first-order valence-corrected chi connectivity index (χ1v) is 9.52. The number of hydrogen-bond donors (Lipinski definition) is 0. The van der Waals surface area contributed by atoms with Crippen LogP contribution in [-0.4, -0.2) is 19.2 Å². The van der Waals surface area contributed by atoms with E-state index < -0.39 is 5.54 Å². The van der Waals surface area contributed by atoms with Crippen molar-refractivity contribution in [2.45, 2.75) is 45.6 Å². The van der Waals surface area contributed by atoms with Gasteiger partial charge in [-0.3, -0.25) is 4.85 Å². The number of hydrogen-bond acceptors (Lipinski definition) is 4. The highest BCUT2D eigenvalue weighted by atomic mass is 16.5. The number of aryl methyl sites for hydroxylation is 3. The third-order valence-corrected chi connectivity index (χ3v) is 5.24. The maximum absolute atomic E-state index is 12.0. The first-order valence-electron chi connectivity index (χ1n) is 9.52. The molecule has 0 aliphatic heterocycles. The van der Waals surface area contributed by atoms with Crippen molar-refractivity contribution < 1.29 is 19.1 Å². The van der Waals surface area contributed by atoms with Gasteiger partial charge in [-0.05, 0) is 55.0 Å². The molecule has 2 aromatic carbocycles. The molecule has 5 nitrogen and oxygen atoms in total. The Kier molecular flexibility index (Phi) is 7.09. The lowest BCUT2D eigenvalue weighted by Crippen LogP contribution is -2.27. The van der Waals surface area contributed by atoms with Crippen LogP contribution in [0.4, 0.5) is 0 Å². The maximum Gasteiger partial charge on any atom is 0.373 e. The third-order valence-electron chi connectivity index (χ3n) is 5.24. The number of benzene rings is 2. The summed E-state index contributed by atoms with van der Waals surface area (Å²) < 4.78 is 4.88. The van der Waals surface area contributed by atoms with Gasteiger partial charge in [-0.2, -0.15) is 9.59 Å². The normalized spacial score (nSPS) is 16.8. The van der Waals surface area contributed by atoms with Crippen LogP contribution in [-0.2, 0) is 32.7 Å². The summed E-state index contributed by atoms with van der Waals surface area (Å²) in [5.41, 5.74) is 5.56. The molecule has 2 aromatic rings. The summed E-state index contributed by atoms with van der Waals surface area (Å²) in [4.78, 5) is 32.4. The lowest BCUT2D eigenvalue weighted by molar-refractivity contribution is -0.191. The molecule has 0 aromatic heterocycles. The molecule has 3 rings (SSSR count).